The maximum absolute atomic E-state index is 10.6. The lowest BCUT2D eigenvalue weighted by Gasteiger charge is -2.42. The third kappa shape index (κ3) is 5.56. The van der Waals surface area contributed by atoms with Gasteiger partial charge >= 0.3 is 0 Å². The molecule has 1 heterocycles. The van der Waals surface area contributed by atoms with Crippen molar-refractivity contribution in [2.24, 2.45) is 0 Å². The fourth-order valence-corrected chi connectivity index (χ4v) is 4.05. The van der Waals surface area contributed by atoms with Gasteiger partial charge in [0.25, 0.3) is 0 Å². The minimum Gasteiger partial charge on any atom is -0.491 e. The van der Waals surface area contributed by atoms with Crippen molar-refractivity contribution in [1.82, 2.24) is 0 Å². The Morgan fingerprint density at radius 3 is 2.32 bits per heavy atom. The molecule has 0 unspecified atom stereocenters. The zero-order valence-corrected chi connectivity index (χ0v) is 16.2. The molecule has 3 nitrogen and oxygen atoms in total. The SMILES string of the molecule is O[C@H](COc1ccc(Br)cc1)C[N+]1(Cc2ccccc2)CCCCC1. The van der Waals surface area contributed by atoms with E-state index in [1.807, 2.05) is 24.3 Å². The molecular formula is C21H27BrNO2+. The Morgan fingerprint density at radius 1 is 0.960 bits per heavy atom. The number of aliphatic hydroxyl groups excluding tert-OH is 1. The van der Waals surface area contributed by atoms with E-state index < -0.39 is 6.10 Å². The minimum atomic E-state index is -0.453. The Balaban J connectivity index is 1.60. The van der Waals surface area contributed by atoms with Gasteiger partial charge in [-0.05, 0) is 43.5 Å². The number of benzene rings is 2. The quantitative estimate of drug-likeness (QED) is 0.693. The first-order valence-corrected chi connectivity index (χ1v) is 9.90. The van der Waals surface area contributed by atoms with Gasteiger partial charge in [-0.1, -0.05) is 46.3 Å². The lowest BCUT2D eigenvalue weighted by molar-refractivity contribution is -0.947. The van der Waals surface area contributed by atoms with Crippen molar-refractivity contribution in [3.05, 3.63) is 64.6 Å². The van der Waals surface area contributed by atoms with Crippen LogP contribution in [0.5, 0.6) is 5.75 Å². The van der Waals surface area contributed by atoms with Gasteiger partial charge < -0.3 is 14.3 Å². The zero-order valence-electron chi connectivity index (χ0n) is 14.6. The number of aliphatic hydroxyl groups is 1. The van der Waals surface area contributed by atoms with Crippen LogP contribution >= 0.6 is 15.9 Å². The molecule has 0 radical (unpaired) electrons. The summed E-state index contributed by atoms with van der Waals surface area (Å²) in [4.78, 5) is 0. The van der Waals surface area contributed by atoms with Crippen molar-refractivity contribution in [3.63, 3.8) is 0 Å². The number of halogens is 1. The molecule has 1 N–H and O–H groups in total. The molecule has 1 fully saturated rings. The fourth-order valence-electron chi connectivity index (χ4n) is 3.78. The van der Waals surface area contributed by atoms with Crippen LogP contribution in [0.2, 0.25) is 0 Å². The summed E-state index contributed by atoms with van der Waals surface area (Å²) in [5.74, 6) is 0.801. The third-order valence-corrected chi connectivity index (χ3v) is 5.51. The number of quaternary nitrogens is 1. The average Bonchev–Trinajstić information content (AvgIpc) is 2.63. The number of nitrogens with zero attached hydrogens (tertiary/aromatic N) is 1. The van der Waals surface area contributed by atoms with Crippen LogP contribution in [0.4, 0.5) is 0 Å². The van der Waals surface area contributed by atoms with Gasteiger partial charge in [0.2, 0.25) is 0 Å². The van der Waals surface area contributed by atoms with Crippen molar-refractivity contribution in [1.29, 1.82) is 0 Å². The molecule has 2 aromatic carbocycles. The van der Waals surface area contributed by atoms with E-state index in [1.165, 1.54) is 24.8 Å². The molecule has 1 aliphatic rings. The summed E-state index contributed by atoms with van der Waals surface area (Å²) >= 11 is 3.42. The number of hydrogen-bond donors (Lipinski definition) is 1. The molecule has 134 valence electrons. The molecule has 0 aliphatic carbocycles. The summed E-state index contributed by atoms with van der Waals surface area (Å²) in [6.45, 7) is 4.38. The highest BCUT2D eigenvalue weighted by Crippen LogP contribution is 2.24. The topological polar surface area (TPSA) is 29.5 Å². The molecule has 0 amide bonds. The highest BCUT2D eigenvalue weighted by atomic mass is 79.9. The average molecular weight is 405 g/mol. The molecule has 0 aromatic heterocycles. The van der Waals surface area contributed by atoms with Gasteiger partial charge in [-0.15, -0.1) is 0 Å². The molecule has 2 aromatic rings. The normalized spacial score (nSPS) is 17.8. The van der Waals surface area contributed by atoms with E-state index in [4.69, 9.17) is 4.74 Å². The molecule has 25 heavy (non-hydrogen) atoms. The van der Waals surface area contributed by atoms with Gasteiger partial charge in [-0.3, -0.25) is 0 Å². The molecule has 1 atom stereocenters. The molecular weight excluding hydrogens is 378 g/mol. The van der Waals surface area contributed by atoms with Crippen LogP contribution in [0.15, 0.2) is 59.1 Å². The monoisotopic (exact) mass is 404 g/mol. The number of hydrogen-bond acceptors (Lipinski definition) is 2. The van der Waals surface area contributed by atoms with E-state index >= 15 is 0 Å². The first-order valence-electron chi connectivity index (χ1n) is 9.11. The number of likely N-dealkylation sites (tertiary alicyclic amines) is 1. The van der Waals surface area contributed by atoms with Crippen molar-refractivity contribution in [2.45, 2.75) is 31.9 Å². The van der Waals surface area contributed by atoms with Crippen molar-refractivity contribution >= 4 is 15.9 Å². The zero-order chi connectivity index (χ0) is 17.5. The van der Waals surface area contributed by atoms with E-state index in [1.54, 1.807) is 0 Å². The molecule has 0 bridgehead atoms. The minimum absolute atomic E-state index is 0.344. The Kier molecular flexibility index (Phi) is 6.51. The van der Waals surface area contributed by atoms with E-state index in [9.17, 15) is 5.11 Å². The smallest absolute Gasteiger partial charge is 0.137 e. The first-order chi connectivity index (χ1) is 12.2. The van der Waals surface area contributed by atoms with Gasteiger partial charge in [0.1, 0.15) is 31.5 Å². The number of ether oxygens (including phenoxy) is 1. The van der Waals surface area contributed by atoms with Crippen LogP contribution in [0.3, 0.4) is 0 Å². The second-order valence-electron chi connectivity index (χ2n) is 7.09. The fraction of sp³-hybridized carbons (Fsp3) is 0.429. The maximum Gasteiger partial charge on any atom is 0.137 e. The summed E-state index contributed by atoms with van der Waals surface area (Å²) in [5, 5.41) is 10.6. The van der Waals surface area contributed by atoms with E-state index in [2.05, 4.69) is 46.3 Å². The van der Waals surface area contributed by atoms with Crippen molar-refractivity contribution in [3.8, 4) is 5.75 Å². The van der Waals surface area contributed by atoms with Crippen LogP contribution in [-0.4, -0.2) is 41.9 Å². The lowest BCUT2D eigenvalue weighted by Crippen LogP contribution is -2.55. The van der Waals surface area contributed by atoms with Gasteiger partial charge in [0.05, 0.1) is 13.1 Å². The predicted octanol–water partition coefficient (Wildman–Crippen LogP) is 4.39. The van der Waals surface area contributed by atoms with E-state index in [0.717, 1.165) is 40.9 Å². The second-order valence-corrected chi connectivity index (χ2v) is 8.01. The van der Waals surface area contributed by atoms with Crippen LogP contribution in [-0.2, 0) is 6.54 Å². The van der Waals surface area contributed by atoms with Crippen LogP contribution in [0.25, 0.3) is 0 Å². The third-order valence-electron chi connectivity index (χ3n) is 4.98. The van der Waals surface area contributed by atoms with Gasteiger partial charge in [-0.25, -0.2) is 0 Å². The summed E-state index contributed by atoms with van der Waals surface area (Å²) < 4.78 is 7.77. The lowest BCUT2D eigenvalue weighted by atomic mass is 10.0. The highest BCUT2D eigenvalue weighted by Gasteiger charge is 2.32. The van der Waals surface area contributed by atoms with Gasteiger partial charge in [-0.2, -0.15) is 0 Å². The van der Waals surface area contributed by atoms with Crippen LogP contribution < -0.4 is 4.74 Å². The Morgan fingerprint density at radius 2 is 1.64 bits per heavy atom. The van der Waals surface area contributed by atoms with E-state index in [-0.39, 0.29) is 0 Å². The summed E-state index contributed by atoms with van der Waals surface area (Å²) in [5.41, 5.74) is 1.35. The summed E-state index contributed by atoms with van der Waals surface area (Å²) in [6.07, 6.45) is 3.34. The van der Waals surface area contributed by atoms with Gasteiger partial charge in [0.15, 0.2) is 0 Å². The molecule has 4 heteroatoms. The van der Waals surface area contributed by atoms with Crippen LogP contribution in [0, 0.1) is 0 Å². The standard InChI is InChI=1S/C21H27BrNO2/c22-19-9-11-21(12-10-19)25-17-20(24)16-23(13-5-2-6-14-23)15-18-7-3-1-4-8-18/h1,3-4,7-12,20,24H,2,5-6,13-17H2/q+1/t20-/m0/s1. The number of piperidine rings is 1. The second kappa shape index (κ2) is 8.84. The molecule has 0 saturated carbocycles. The van der Waals surface area contributed by atoms with Crippen LogP contribution in [0.1, 0.15) is 24.8 Å². The first kappa shape index (κ1) is 18.4. The molecule has 1 saturated heterocycles. The summed E-state index contributed by atoms with van der Waals surface area (Å²) in [7, 11) is 0. The molecule has 1 aliphatic heterocycles. The summed E-state index contributed by atoms with van der Waals surface area (Å²) in [6, 6.07) is 18.4. The van der Waals surface area contributed by atoms with E-state index in [0.29, 0.717) is 6.61 Å². The Bertz CT molecular complexity index is 639. The molecule has 0 spiro atoms. The molecule has 3 rings (SSSR count). The predicted molar refractivity (Wildman–Crippen MR) is 105 cm³/mol. The largest absolute Gasteiger partial charge is 0.491 e. The Hall–Kier alpha value is -1.36. The highest BCUT2D eigenvalue weighted by molar-refractivity contribution is 9.10. The maximum atomic E-state index is 10.6. The van der Waals surface area contributed by atoms with Crippen molar-refractivity contribution in [2.75, 3.05) is 26.2 Å². The van der Waals surface area contributed by atoms with Crippen molar-refractivity contribution < 1.29 is 14.3 Å². The number of rotatable bonds is 7. The Labute approximate surface area is 159 Å². The van der Waals surface area contributed by atoms with Gasteiger partial charge in [0, 0.05) is 10.0 Å².